The Kier molecular flexibility index (Phi) is 6.20. The van der Waals surface area contributed by atoms with Crippen LogP contribution in [0.4, 0.5) is 13.6 Å². The Morgan fingerprint density at radius 1 is 1.44 bits per heavy atom. The summed E-state index contributed by atoms with van der Waals surface area (Å²) in [6, 6.07) is -1.29. The van der Waals surface area contributed by atoms with E-state index in [4.69, 9.17) is 9.84 Å². The summed E-state index contributed by atoms with van der Waals surface area (Å²) < 4.78 is 29.4. The molecule has 1 atom stereocenters. The van der Waals surface area contributed by atoms with Crippen LogP contribution in [-0.2, 0) is 4.74 Å². The highest BCUT2D eigenvalue weighted by Crippen LogP contribution is 2.07. The highest BCUT2D eigenvalue weighted by Gasteiger charge is 2.21. The quantitative estimate of drug-likeness (QED) is 0.628. The first kappa shape index (κ1) is 15.0. The average molecular weight is 240 g/mol. The number of hydrogen-bond acceptors (Lipinski definition) is 4. The van der Waals surface area contributed by atoms with Crippen LogP contribution in [0.15, 0.2) is 0 Å². The fourth-order valence-electron chi connectivity index (χ4n) is 0.855. The van der Waals surface area contributed by atoms with Gasteiger partial charge < -0.3 is 9.84 Å². The van der Waals surface area contributed by atoms with Crippen LogP contribution in [0, 0.1) is 0 Å². The Hall–Kier alpha value is -0.950. The molecule has 0 saturated heterocycles. The number of hydrogen-bond donors (Lipinski definition) is 3. The van der Waals surface area contributed by atoms with Crippen molar-refractivity contribution in [2.45, 2.75) is 45.3 Å². The molecule has 0 bridgehead atoms. The van der Waals surface area contributed by atoms with Gasteiger partial charge in [0.25, 0.3) is 6.43 Å². The summed E-state index contributed by atoms with van der Waals surface area (Å²) in [5.74, 6) is 0. The van der Waals surface area contributed by atoms with Gasteiger partial charge in [-0.1, -0.05) is 0 Å². The standard InChI is InChI=1S/C9H18F2N2O3/c1-9(2,3)16-8(15)13-12-6(4-5-14)7(10)11/h6-7,12,14H,4-5H2,1-3H3,(H,13,15). The third-order valence-corrected chi connectivity index (χ3v) is 1.50. The molecule has 0 saturated carbocycles. The molecule has 1 amide bonds. The minimum Gasteiger partial charge on any atom is -0.443 e. The molecule has 1 unspecified atom stereocenters. The van der Waals surface area contributed by atoms with Crippen LogP contribution in [-0.4, -0.2) is 35.9 Å². The number of rotatable bonds is 5. The number of hydrazine groups is 1. The highest BCUT2D eigenvalue weighted by molar-refractivity contribution is 5.67. The van der Waals surface area contributed by atoms with Crippen molar-refractivity contribution >= 4 is 6.09 Å². The maximum atomic E-state index is 12.3. The lowest BCUT2D eigenvalue weighted by Gasteiger charge is -2.22. The van der Waals surface area contributed by atoms with Gasteiger partial charge in [0.1, 0.15) is 5.60 Å². The van der Waals surface area contributed by atoms with Gasteiger partial charge in [0.15, 0.2) is 0 Å². The summed E-state index contributed by atoms with van der Waals surface area (Å²) in [4.78, 5) is 11.1. The van der Waals surface area contributed by atoms with E-state index in [9.17, 15) is 13.6 Å². The molecule has 0 radical (unpaired) electrons. The molecule has 0 aromatic rings. The third kappa shape index (κ3) is 7.36. The Labute approximate surface area is 93.1 Å². The van der Waals surface area contributed by atoms with Crippen molar-refractivity contribution < 1.29 is 23.4 Å². The van der Waals surface area contributed by atoms with E-state index in [1.54, 1.807) is 20.8 Å². The number of alkyl halides is 2. The van der Waals surface area contributed by atoms with Crippen molar-refractivity contribution in [3.63, 3.8) is 0 Å². The average Bonchev–Trinajstić information content (AvgIpc) is 2.08. The number of amides is 1. The van der Waals surface area contributed by atoms with Crippen LogP contribution in [0.25, 0.3) is 0 Å². The summed E-state index contributed by atoms with van der Waals surface area (Å²) >= 11 is 0. The van der Waals surface area contributed by atoms with Gasteiger partial charge in [0, 0.05) is 6.61 Å². The monoisotopic (exact) mass is 240 g/mol. The fraction of sp³-hybridized carbons (Fsp3) is 0.889. The molecule has 0 heterocycles. The summed E-state index contributed by atoms with van der Waals surface area (Å²) in [5, 5.41) is 8.52. The van der Waals surface area contributed by atoms with Gasteiger partial charge in [-0.05, 0) is 27.2 Å². The zero-order valence-electron chi connectivity index (χ0n) is 9.59. The van der Waals surface area contributed by atoms with Crippen molar-refractivity contribution in [2.24, 2.45) is 0 Å². The molecular formula is C9H18F2N2O3. The topological polar surface area (TPSA) is 70.6 Å². The SMILES string of the molecule is CC(C)(C)OC(=O)NNC(CCO)C(F)F. The molecule has 0 aromatic carbocycles. The second kappa shape index (κ2) is 6.59. The molecule has 5 nitrogen and oxygen atoms in total. The van der Waals surface area contributed by atoms with E-state index in [1.807, 2.05) is 5.43 Å². The number of nitrogens with one attached hydrogen (secondary N) is 2. The highest BCUT2D eigenvalue weighted by atomic mass is 19.3. The van der Waals surface area contributed by atoms with E-state index < -0.39 is 30.8 Å². The van der Waals surface area contributed by atoms with E-state index in [-0.39, 0.29) is 6.42 Å². The van der Waals surface area contributed by atoms with Crippen LogP contribution < -0.4 is 10.9 Å². The summed E-state index contributed by atoms with van der Waals surface area (Å²) in [6.07, 6.45) is -3.67. The summed E-state index contributed by atoms with van der Waals surface area (Å²) in [7, 11) is 0. The van der Waals surface area contributed by atoms with Gasteiger partial charge in [-0.3, -0.25) is 5.43 Å². The molecule has 0 fully saturated rings. The zero-order valence-corrected chi connectivity index (χ0v) is 9.59. The van der Waals surface area contributed by atoms with Crippen LogP contribution in [0.1, 0.15) is 27.2 Å². The molecule has 16 heavy (non-hydrogen) atoms. The lowest BCUT2D eigenvalue weighted by molar-refractivity contribution is 0.0394. The summed E-state index contributed by atoms with van der Waals surface area (Å²) in [6.45, 7) is 4.58. The molecule has 0 aliphatic rings. The van der Waals surface area contributed by atoms with Gasteiger partial charge in [-0.15, -0.1) is 0 Å². The minimum absolute atomic E-state index is 0.159. The Bertz CT molecular complexity index is 219. The van der Waals surface area contributed by atoms with E-state index in [0.29, 0.717) is 0 Å². The van der Waals surface area contributed by atoms with Gasteiger partial charge in [-0.2, -0.15) is 0 Å². The van der Waals surface area contributed by atoms with Gasteiger partial charge in [0.05, 0.1) is 6.04 Å². The largest absolute Gasteiger partial charge is 0.443 e. The molecule has 0 spiro atoms. The second-order valence-electron chi connectivity index (χ2n) is 4.22. The normalized spacial score (nSPS) is 13.7. The van der Waals surface area contributed by atoms with E-state index >= 15 is 0 Å². The van der Waals surface area contributed by atoms with Crippen molar-refractivity contribution in [3.8, 4) is 0 Å². The van der Waals surface area contributed by atoms with Crippen molar-refractivity contribution in [3.05, 3.63) is 0 Å². The Balaban J connectivity index is 3.97. The molecule has 0 aliphatic carbocycles. The van der Waals surface area contributed by atoms with Crippen molar-refractivity contribution in [1.82, 2.24) is 10.9 Å². The van der Waals surface area contributed by atoms with Crippen molar-refractivity contribution in [1.29, 1.82) is 0 Å². The second-order valence-corrected chi connectivity index (χ2v) is 4.22. The Morgan fingerprint density at radius 3 is 2.38 bits per heavy atom. The number of aliphatic hydroxyl groups is 1. The Morgan fingerprint density at radius 2 is 2.00 bits per heavy atom. The van der Waals surface area contributed by atoms with Crippen LogP contribution in [0.2, 0.25) is 0 Å². The fourth-order valence-corrected chi connectivity index (χ4v) is 0.855. The lowest BCUT2D eigenvalue weighted by Crippen LogP contribution is -2.49. The predicted molar refractivity (Wildman–Crippen MR) is 54.0 cm³/mol. The van der Waals surface area contributed by atoms with Gasteiger partial charge in [-0.25, -0.2) is 19.0 Å². The maximum absolute atomic E-state index is 12.3. The van der Waals surface area contributed by atoms with Gasteiger partial charge >= 0.3 is 6.09 Å². The van der Waals surface area contributed by atoms with Gasteiger partial charge in [0.2, 0.25) is 0 Å². The number of halogens is 2. The molecule has 0 rings (SSSR count). The first-order valence-electron chi connectivity index (χ1n) is 4.90. The maximum Gasteiger partial charge on any atom is 0.422 e. The smallest absolute Gasteiger partial charge is 0.422 e. The predicted octanol–water partition coefficient (Wildman–Crippen LogP) is 1.03. The van der Waals surface area contributed by atoms with E-state index in [1.165, 1.54) is 0 Å². The number of carbonyl (C=O) groups excluding carboxylic acids is 1. The number of ether oxygens (including phenoxy) is 1. The van der Waals surface area contributed by atoms with Crippen LogP contribution in [0.3, 0.4) is 0 Å². The minimum atomic E-state index is -2.68. The van der Waals surface area contributed by atoms with Crippen LogP contribution >= 0.6 is 0 Å². The van der Waals surface area contributed by atoms with Crippen LogP contribution in [0.5, 0.6) is 0 Å². The van der Waals surface area contributed by atoms with Crippen molar-refractivity contribution in [2.75, 3.05) is 6.61 Å². The molecule has 96 valence electrons. The molecule has 0 aliphatic heterocycles. The molecule has 7 heteroatoms. The third-order valence-electron chi connectivity index (χ3n) is 1.50. The molecule has 3 N–H and O–H groups in total. The summed E-state index contributed by atoms with van der Waals surface area (Å²) in [5.41, 5.74) is 3.42. The molecular weight excluding hydrogens is 222 g/mol. The number of aliphatic hydroxyl groups excluding tert-OH is 1. The molecule has 0 aromatic heterocycles. The zero-order chi connectivity index (χ0) is 12.8. The first-order valence-corrected chi connectivity index (χ1v) is 4.90. The first-order chi connectivity index (χ1) is 7.26. The number of carbonyl (C=O) groups is 1. The van der Waals surface area contributed by atoms with E-state index in [0.717, 1.165) is 0 Å². The lowest BCUT2D eigenvalue weighted by atomic mass is 10.2. The van der Waals surface area contributed by atoms with E-state index in [2.05, 4.69) is 5.43 Å².